The van der Waals surface area contributed by atoms with E-state index in [-0.39, 0.29) is 17.7 Å². The summed E-state index contributed by atoms with van der Waals surface area (Å²) in [7, 11) is 0. The average molecular weight is 357 g/mol. The van der Waals surface area contributed by atoms with E-state index in [0.717, 1.165) is 17.7 Å². The predicted molar refractivity (Wildman–Crippen MR) is 98.0 cm³/mol. The molecule has 6 nitrogen and oxygen atoms in total. The van der Waals surface area contributed by atoms with Crippen molar-refractivity contribution in [1.29, 1.82) is 0 Å². The van der Waals surface area contributed by atoms with Crippen LogP contribution in [0.5, 0.6) is 0 Å². The summed E-state index contributed by atoms with van der Waals surface area (Å²) in [6.45, 7) is 3.85. The van der Waals surface area contributed by atoms with Gasteiger partial charge in [-0.05, 0) is 48.6 Å². The monoisotopic (exact) mass is 357 g/mol. The molecule has 1 aromatic carbocycles. The van der Waals surface area contributed by atoms with E-state index in [1.807, 2.05) is 17.5 Å². The number of carbonyl (C=O) groups is 3. The lowest BCUT2D eigenvalue weighted by atomic mass is 10.1. The van der Waals surface area contributed by atoms with Crippen LogP contribution in [0.2, 0.25) is 0 Å². The molecular weight excluding hydrogens is 338 g/mol. The molecule has 1 unspecified atom stereocenters. The standard InChI is InChI=1S/C18H19N3O3S/c1-11(19-18(24)16-4-3-9-25-16)17(23)20-14-5-6-15-13(10-14)7-8-21(15)12(2)22/h3-6,9-11H,7-8H2,1-2H3,(H,19,24)(H,20,23). The Kier molecular flexibility index (Phi) is 4.85. The van der Waals surface area contributed by atoms with E-state index in [1.165, 1.54) is 11.3 Å². The Morgan fingerprint density at radius 3 is 2.72 bits per heavy atom. The van der Waals surface area contributed by atoms with Crippen LogP contribution < -0.4 is 15.5 Å². The van der Waals surface area contributed by atoms with Gasteiger partial charge in [0.1, 0.15) is 6.04 Å². The smallest absolute Gasteiger partial charge is 0.261 e. The second kappa shape index (κ2) is 7.06. The number of nitrogens with zero attached hydrogens (tertiary/aromatic N) is 1. The lowest BCUT2D eigenvalue weighted by molar-refractivity contribution is -0.118. The van der Waals surface area contributed by atoms with Gasteiger partial charge in [-0.25, -0.2) is 0 Å². The maximum Gasteiger partial charge on any atom is 0.261 e. The van der Waals surface area contributed by atoms with Crippen LogP contribution >= 0.6 is 11.3 Å². The molecule has 3 amide bonds. The van der Waals surface area contributed by atoms with E-state index >= 15 is 0 Å². The summed E-state index contributed by atoms with van der Waals surface area (Å²) in [5.74, 6) is -0.532. The highest BCUT2D eigenvalue weighted by Crippen LogP contribution is 2.30. The zero-order chi connectivity index (χ0) is 18.0. The minimum atomic E-state index is -0.656. The number of fused-ring (bicyclic) bond motifs is 1. The van der Waals surface area contributed by atoms with Gasteiger partial charge < -0.3 is 15.5 Å². The van der Waals surface area contributed by atoms with Gasteiger partial charge in [-0.3, -0.25) is 14.4 Å². The second-order valence-electron chi connectivity index (χ2n) is 5.93. The van der Waals surface area contributed by atoms with Gasteiger partial charge in [0.05, 0.1) is 4.88 Å². The number of rotatable bonds is 4. The summed E-state index contributed by atoms with van der Waals surface area (Å²) in [5.41, 5.74) is 2.58. The van der Waals surface area contributed by atoms with Crippen LogP contribution in [0, 0.1) is 0 Å². The third kappa shape index (κ3) is 3.71. The summed E-state index contributed by atoms with van der Waals surface area (Å²) in [6, 6.07) is 8.34. The molecule has 0 bridgehead atoms. The molecule has 130 valence electrons. The number of amides is 3. The van der Waals surface area contributed by atoms with Gasteiger partial charge in [-0.2, -0.15) is 0 Å². The first kappa shape index (κ1) is 17.2. The van der Waals surface area contributed by atoms with E-state index in [2.05, 4.69) is 10.6 Å². The first-order chi connectivity index (χ1) is 12.0. The normalized spacial score (nSPS) is 13.9. The lowest BCUT2D eigenvalue weighted by Crippen LogP contribution is -2.41. The third-order valence-corrected chi connectivity index (χ3v) is 4.98. The number of benzene rings is 1. The Bertz CT molecular complexity index is 817. The zero-order valence-electron chi connectivity index (χ0n) is 14.0. The van der Waals surface area contributed by atoms with E-state index in [0.29, 0.717) is 17.1 Å². The first-order valence-corrected chi connectivity index (χ1v) is 8.90. The van der Waals surface area contributed by atoms with Crippen molar-refractivity contribution in [3.63, 3.8) is 0 Å². The molecule has 1 aromatic heterocycles. The molecular formula is C18H19N3O3S. The molecule has 0 aliphatic carbocycles. The summed E-state index contributed by atoms with van der Waals surface area (Å²) in [4.78, 5) is 38.2. The molecule has 1 atom stereocenters. The SMILES string of the molecule is CC(=O)N1CCc2cc(NC(=O)C(C)NC(=O)c3cccs3)ccc21. The van der Waals surface area contributed by atoms with Crippen LogP contribution in [-0.2, 0) is 16.0 Å². The molecule has 7 heteroatoms. The Morgan fingerprint density at radius 2 is 2.04 bits per heavy atom. The number of nitrogens with one attached hydrogen (secondary N) is 2. The molecule has 1 aliphatic rings. The van der Waals surface area contributed by atoms with Crippen molar-refractivity contribution in [2.75, 3.05) is 16.8 Å². The molecule has 25 heavy (non-hydrogen) atoms. The topological polar surface area (TPSA) is 78.5 Å². The zero-order valence-corrected chi connectivity index (χ0v) is 14.9. The fourth-order valence-electron chi connectivity index (χ4n) is 2.80. The van der Waals surface area contributed by atoms with Crippen LogP contribution in [0.4, 0.5) is 11.4 Å². The van der Waals surface area contributed by atoms with Crippen molar-refractivity contribution in [1.82, 2.24) is 5.32 Å². The molecule has 2 heterocycles. The first-order valence-electron chi connectivity index (χ1n) is 8.02. The van der Waals surface area contributed by atoms with Crippen molar-refractivity contribution in [3.8, 4) is 0 Å². The van der Waals surface area contributed by atoms with Gasteiger partial charge in [-0.15, -0.1) is 11.3 Å². The maximum atomic E-state index is 12.3. The van der Waals surface area contributed by atoms with Crippen LogP contribution in [0.1, 0.15) is 29.1 Å². The fourth-order valence-corrected chi connectivity index (χ4v) is 3.43. The van der Waals surface area contributed by atoms with Crippen LogP contribution in [0.15, 0.2) is 35.7 Å². The predicted octanol–water partition coefficient (Wildman–Crippen LogP) is 2.41. The summed E-state index contributed by atoms with van der Waals surface area (Å²) in [6.07, 6.45) is 0.767. The Hall–Kier alpha value is -2.67. The molecule has 3 rings (SSSR count). The largest absolute Gasteiger partial charge is 0.340 e. The molecule has 0 fully saturated rings. The highest BCUT2D eigenvalue weighted by atomic mass is 32.1. The van der Waals surface area contributed by atoms with Crippen molar-refractivity contribution >= 4 is 40.4 Å². The van der Waals surface area contributed by atoms with Crippen LogP contribution in [0.25, 0.3) is 0 Å². The van der Waals surface area contributed by atoms with Crippen molar-refractivity contribution in [2.45, 2.75) is 26.3 Å². The fraction of sp³-hybridized carbons (Fsp3) is 0.278. The van der Waals surface area contributed by atoms with Crippen molar-refractivity contribution in [3.05, 3.63) is 46.2 Å². The van der Waals surface area contributed by atoms with Gasteiger partial charge in [-0.1, -0.05) is 6.07 Å². The quantitative estimate of drug-likeness (QED) is 0.882. The molecule has 0 saturated heterocycles. The van der Waals surface area contributed by atoms with Gasteiger partial charge in [0.25, 0.3) is 5.91 Å². The number of hydrogen-bond acceptors (Lipinski definition) is 4. The Morgan fingerprint density at radius 1 is 1.24 bits per heavy atom. The van der Waals surface area contributed by atoms with E-state index in [1.54, 1.807) is 36.9 Å². The molecule has 1 aliphatic heterocycles. The van der Waals surface area contributed by atoms with E-state index < -0.39 is 6.04 Å². The molecule has 0 radical (unpaired) electrons. The number of anilines is 2. The van der Waals surface area contributed by atoms with E-state index in [4.69, 9.17) is 0 Å². The van der Waals surface area contributed by atoms with Crippen LogP contribution in [-0.4, -0.2) is 30.3 Å². The minimum absolute atomic E-state index is 0.0143. The number of thiophene rings is 1. The van der Waals surface area contributed by atoms with Crippen molar-refractivity contribution in [2.24, 2.45) is 0 Å². The Balaban J connectivity index is 1.63. The highest BCUT2D eigenvalue weighted by molar-refractivity contribution is 7.12. The lowest BCUT2D eigenvalue weighted by Gasteiger charge is -2.16. The van der Waals surface area contributed by atoms with Crippen LogP contribution in [0.3, 0.4) is 0 Å². The minimum Gasteiger partial charge on any atom is -0.340 e. The molecule has 2 N–H and O–H groups in total. The van der Waals surface area contributed by atoms with Gasteiger partial charge in [0.2, 0.25) is 11.8 Å². The number of hydrogen-bond donors (Lipinski definition) is 2. The van der Waals surface area contributed by atoms with Gasteiger partial charge in [0, 0.05) is 24.8 Å². The van der Waals surface area contributed by atoms with E-state index in [9.17, 15) is 14.4 Å². The molecule has 0 saturated carbocycles. The summed E-state index contributed by atoms with van der Waals surface area (Å²) >= 11 is 1.33. The average Bonchev–Trinajstić information content (AvgIpc) is 3.23. The van der Waals surface area contributed by atoms with Crippen molar-refractivity contribution < 1.29 is 14.4 Å². The van der Waals surface area contributed by atoms with Gasteiger partial charge >= 0.3 is 0 Å². The van der Waals surface area contributed by atoms with Gasteiger partial charge in [0.15, 0.2) is 0 Å². The second-order valence-corrected chi connectivity index (χ2v) is 6.87. The highest BCUT2D eigenvalue weighted by Gasteiger charge is 2.23. The number of carbonyl (C=O) groups excluding carboxylic acids is 3. The Labute approximate surface area is 149 Å². The third-order valence-electron chi connectivity index (χ3n) is 4.11. The summed E-state index contributed by atoms with van der Waals surface area (Å²) < 4.78 is 0. The maximum absolute atomic E-state index is 12.3. The summed E-state index contributed by atoms with van der Waals surface area (Å²) in [5, 5.41) is 7.31. The molecule has 0 spiro atoms. The molecule has 2 aromatic rings.